The molecule has 0 saturated heterocycles. The Morgan fingerprint density at radius 2 is 1.88 bits per heavy atom. The highest BCUT2D eigenvalue weighted by Crippen LogP contribution is 2.15. The number of rotatable bonds is 7. The number of aryl methyl sites for hydroxylation is 1. The average molecular weight is 402 g/mol. The second-order valence-corrected chi connectivity index (χ2v) is 7.97. The van der Waals surface area contributed by atoms with Crippen LogP contribution in [0.4, 0.5) is 0 Å². The average Bonchev–Trinajstić information content (AvgIpc) is 3.00. The molecule has 26 heavy (non-hydrogen) atoms. The van der Waals surface area contributed by atoms with Crippen LogP contribution in [0.2, 0.25) is 0 Å². The van der Waals surface area contributed by atoms with E-state index in [2.05, 4.69) is 15.7 Å². The Kier molecular flexibility index (Phi) is 7.76. The van der Waals surface area contributed by atoms with Gasteiger partial charge in [-0.05, 0) is 24.7 Å². The third-order valence-corrected chi connectivity index (χ3v) is 5.61. The number of hydrogen-bond donors (Lipinski definition) is 2. The van der Waals surface area contributed by atoms with Crippen LogP contribution in [-0.4, -0.2) is 49.6 Å². The summed E-state index contributed by atoms with van der Waals surface area (Å²) in [5, 5.41) is 9.87. The highest BCUT2D eigenvalue weighted by atomic mass is 35.5. The molecule has 1 amide bonds. The number of amides is 1. The zero-order valence-electron chi connectivity index (χ0n) is 15.1. The van der Waals surface area contributed by atoms with E-state index in [1.165, 1.54) is 26.2 Å². The van der Waals surface area contributed by atoms with Crippen LogP contribution in [0.3, 0.4) is 0 Å². The van der Waals surface area contributed by atoms with Crippen molar-refractivity contribution >= 4 is 28.3 Å². The maximum Gasteiger partial charge on any atom is 0.242 e. The van der Waals surface area contributed by atoms with Gasteiger partial charge in [-0.1, -0.05) is 12.1 Å². The lowest BCUT2D eigenvalue weighted by Gasteiger charge is -2.15. The summed E-state index contributed by atoms with van der Waals surface area (Å²) in [4.78, 5) is 12.6. The minimum absolute atomic E-state index is 0. The number of hydrogen-bond acceptors (Lipinski definition) is 5. The summed E-state index contributed by atoms with van der Waals surface area (Å²) in [6.07, 6.45) is 3.42. The number of halogens is 1. The fraction of sp³-hybridized carbons (Fsp3) is 0.375. The van der Waals surface area contributed by atoms with Crippen LogP contribution in [0.25, 0.3) is 0 Å². The zero-order valence-corrected chi connectivity index (χ0v) is 16.8. The molecule has 0 bridgehead atoms. The van der Waals surface area contributed by atoms with Crippen molar-refractivity contribution in [3.63, 3.8) is 0 Å². The molecular formula is C16H24ClN5O3S. The number of aromatic nitrogens is 2. The molecule has 10 heteroatoms. The van der Waals surface area contributed by atoms with Crippen molar-refractivity contribution in [3.8, 4) is 0 Å². The molecule has 2 rings (SSSR count). The van der Waals surface area contributed by atoms with E-state index in [0.717, 1.165) is 15.4 Å². The second kappa shape index (κ2) is 9.13. The van der Waals surface area contributed by atoms with Gasteiger partial charge in [0.25, 0.3) is 0 Å². The third kappa shape index (κ3) is 5.04. The van der Waals surface area contributed by atoms with E-state index >= 15 is 0 Å². The molecule has 0 aliphatic carbocycles. The van der Waals surface area contributed by atoms with Crippen LogP contribution in [0, 0.1) is 0 Å². The van der Waals surface area contributed by atoms with Gasteiger partial charge in [-0.15, -0.1) is 12.4 Å². The summed E-state index contributed by atoms with van der Waals surface area (Å²) >= 11 is 0. The Bertz CT molecular complexity index is 834. The van der Waals surface area contributed by atoms with Gasteiger partial charge in [-0.25, -0.2) is 12.7 Å². The van der Waals surface area contributed by atoms with Gasteiger partial charge in [0.2, 0.25) is 15.9 Å². The van der Waals surface area contributed by atoms with Crippen LogP contribution in [0.5, 0.6) is 0 Å². The minimum Gasteiger partial charge on any atom is -0.350 e. The largest absolute Gasteiger partial charge is 0.350 e. The molecule has 0 radical (unpaired) electrons. The smallest absolute Gasteiger partial charge is 0.242 e. The van der Waals surface area contributed by atoms with Gasteiger partial charge in [-0.2, -0.15) is 5.10 Å². The molecule has 1 aromatic carbocycles. The van der Waals surface area contributed by atoms with Crippen LogP contribution < -0.4 is 10.6 Å². The molecule has 8 nitrogen and oxygen atoms in total. The van der Waals surface area contributed by atoms with Crippen LogP contribution in [-0.2, 0) is 28.4 Å². The highest BCUT2D eigenvalue weighted by Gasteiger charge is 2.20. The van der Waals surface area contributed by atoms with Gasteiger partial charge in [0.05, 0.1) is 11.1 Å². The van der Waals surface area contributed by atoms with Crippen LogP contribution in [0.1, 0.15) is 17.2 Å². The Morgan fingerprint density at radius 1 is 1.27 bits per heavy atom. The molecule has 1 aromatic heterocycles. The van der Waals surface area contributed by atoms with Gasteiger partial charge in [0.1, 0.15) is 6.04 Å². The summed E-state index contributed by atoms with van der Waals surface area (Å²) in [5.74, 6) is -0.180. The number of carbonyl (C=O) groups excluding carboxylic acids is 1. The Morgan fingerprint density at radius 3 is 2.35 bits per heavy atom. The van der Waals surface area contributed by atoms with E-state index in [1.807, 2.05) is 0 Å². The first-order valence-corrected chi connectivity index (χ1v) is 9.14. The normalized spacial score (nSPS) is 12.5. The van der Waals surface area contributed by atoms with Crippen molar-refractivity contribution in [1.82, 2.24) is 24.7 Å². The topological polar surface area (TPSA) is 96.3 Å². The SMILES string of the molecule is CNC(C(=O)NCc1ccc(S(=O)(=O)N(C)C)cc1)c1cnn(C)c1.Cl. The van der Waals surface area contributed by atoms with Gasteiger partial charge >= 0.3 is 0 Å². The first-order chi connectivity index (χ1) is 11.8. The standard InChI is InChI=1S/C16H23N5O3S.ClH/c1-17-15(13-10-19-21(4)11-13)16(22)18-9-12-5-7-14(8-6-12)25(23,24)20(2)3;/h5-8,10-11,15,17H,9H2,1-4H3,(H,18,22);1H. The highest BCUT2D eigenvalue weighted by molar-refractivity contribution is 7.89. The van der Waals surface area contributed by atoms with E-state index < -0.39 is 16.1 Å². The Hall–Kier alpha value is -1.94. The molecule has 144 valence electrons. The molecule has 1 unspecified atom stereocenters. The summed E-state index contributed by atoms with van der Waals surface area (Å²) in [7, 11) is 3.02. The van der Waals surface area contributed by atoms with Crippen molar-refractivity contribution < 1.29 is 13.2 Å². The number of nitrogens with zero attached hydrogens (tertiary/aromatic N) is 3. The Balaban J connectivity index is 0.00000338. The first kappa shape index (κ1) is 22.1. The lowest BCUT2D eigenvalue weighted by atomic mass is 10.1. The summed E-state index contributed by atoms with van der Waals surface area (Å²) in [6, 6.07) is 5.95. The van der Waals surface area contributed by atoms with E-state index in [9.17, 15) is 13.2 Å². The fourth-order valence-corrected chi connectivity index (χ4v) is 3.22. The molecule has 2 aromatic rings. The summed E-state index contributed by atoms with van der Waals surface area (Å²) in [6.45, 7) is 0.305. The van der Waals surface area contributed by atoms with Gasteiger partial charge in [0, 0.05) is 39.4 Å². The monoisotopic (exact) mass is 401 g/mol. The zero-order chi connectivity index (χ0) is 18.6. The predicted octanol–water partition coefficient (Wildman–Crippen LogP) is 0.669. The van der Waals surface area contributed by atoms with Crippen LogP contribution in [0.15, 0.2) is 41.6 Å². The summed E-state index contributed by atoms with van der Waals surface area (Å²) < 4.78 is 26.9. The van der Waals surface area contributed by atoms with Crippen molar-refractivity contribution in [3.05, 3.63) is 47.8 Å². The number of sulfonamides is 1. The quantitative estimate of drug-likeness (QED) is 0.710. The minimum atomic E-state index is -3.45. The van der Waals surface area contributed by atoms with E-state index in [0.29, 0.717) is 6.54 Å². The van der Waals surface area contributed by atoms with E-state index in [-0.39, 0.29) is 23.2 Å². The molecular weight excluding hydrogens is 378 g/mol. The van der Waals surface area contributed by atoms with Crippen molar-refractivity contribution in [1.29, 1.82) is 0 Å². The Labute approximate surface area is 160 Å². The maximum atomic E-state index is 12.4. The van der Waals surface area contributed by atoms with Gasteiger partial charge in [-0.3, -0.25) is 9.48 Å². The molecule has 2 N–H and O–H groups in total. The molecule has 1 heterocycles. The summed E-state index contributed by atoms with van der Waals surface area (Å²) in [5.41, 5.74) is 1.59. The molecule has 0 aliphatic heterocycles. The van der Waals surface area contributed by atoms with Crippen molar-refractivity contribution in [2.75, 3.05) is 21.1 Å². The van der Waals surface area contributed by atoms with Crippen molar-refractivity contribution in [2.24, 2.45) is 7.05 Å². The number of nitrogens with one attached hydrogen (secondary N) is 2. The predicted molar refractivity (Wildman–Crippen MR) is 101 cm³/mol. The number of benzene rings is 1. The molecule has 0 saturated carbocycles. The molecule has 0 aliphatic rings. The molecule has 1 atom stereocenters. The molecule has 0 fully saturated rings. The van der Waals surface area contributed by atoms with Gasteiger partial charge < -0.3 is 10.6 Å². The lowest BCUT2D eigenvalue weighted by molar-refractivity contribution is -0.123. The van der Waals surface area contributed by atoms with Gasteiger partial charge in [0.15, 0.2) is 0 Å². The second-order valence-electron chi connectivity index (χ2n) is 5.82. The number of likely N-dealkylation sites (N-methyl/N-ethyl adjacent to an activating group) is 1. The first-order valence-electron chi connectivity index (χ1n) is 7.70. The lowest BCUT2D eigenvalue weighted by Crippen LogP contribution is -2.35. The van der Waals surface area contributed by atoms with Crippen LogP contribution >= 0.6 is 12.4 Å². The maximum absolute atomic E-state index is 12.4. The fourth-order valence-electron chi connectivity index (χ4n) is 2.32. The van der Waals surface area contributed by atoms with E-state index in [1.54, 1.807) is 43.3 Å². The van der Waals surface area contributed by atoms with E-state index in [4.69, 9.17) is 0 Å². The third-order valence-electron chi connectivity index (χ3n) is 3.78. The molecule has 0 spiro atoms. The van der Waals surface area contributed by atoms with Crippen molar-refractivity contribution in [2.45, 2.75) is 17.5 Å². The number of carbonyl (C=O) groups is 1.